The number of carbonyl (C=O) groups is 1. The zero-order valence-electron chi connectivity index (χ0n) is 12.8. The second kappa shape index (κ2) is 6.44. The molecule has 0 saturated heterocycles. The molecule has 1 atom stereocenters. The van der Waals surface area contributed by atoms with Gasteiger partial charge >= 0.3 is 0 Å². The fraction of sp³-hybridized carbons (Fsp3) is 0.278. The van der Waals surface area contributed by atoms with Crippen molar-refractivity contribution < 1.29 is 4.79 Å². The molecule has 0 aliphatic carbocycles. The monoisotopic (exact) mass is 282 g/mol. The Kier molecular flexibility index (Phi) is 4.63. The number of carbonyl (C=O) groups excluding carboxylic acids is 1. The summed E-state index contributed by atoms with van der Waals surface area (Å²) < 4.78 is 0. The predicted octanol–water partition coefficient (Wildman–Crippen LogP) is 4.34. The summed E-state index contributed by atoms with van der Waals surface area (Å²) in [4.78, 5) is 12.4. The highest BCUT2D eigenvalue weighted by Gasteiger charge is 2.12. The van der Waals surface area contributed by atoms with E-state index in [9.17, 15) is 4.79 Å². The van der Waals surface area contributed by atoms with Crippen LogP contribution in [0.1, 0.15) is 47.7 Å². The summed E-state index contributed by atoms with van der Waals surface area (Å²) in [5.41, 5.74) is 10.1. The molecule has 0 heterocycles. The molecule has 1 amide bonds. The Bertz CT molecular complexity index is 649. The molecule has 2 aromatic carbocycles. The van der Waals surface area contributed by atoms with Crippen molar-refractivity contribution in [2.45, 2.75) is 33.1 Å². The van der Waals surface area contributed by atoms with E-state index in [1.54, 1.807) is 12.1 Å². The van der Waals surface area contributed by atoms with Crippen LogP contribution in [0.5, 0.6) is 0 Å². The van der Waals surface area contributed by atoms with Crippen LogP contribution in [-0.4, -0.2) is 5.91 Å². The quantitative estimate of drug-likeness (QED) is 0.819. The van der Waals surface area contributed by atoms with Crippen molar-refractivity contribution in [1.29, 1.82) is 0 Å². The number of nitrogens with one attached hydrogen (secondary N) is 1. The summed E-state index contributed by atoms with van der Waals surface area (Å²) in [6.45, 7) is 6.23. The fourth-order valence-corrected chi connectivity index (χ4v) is 2.24. The standard InChI is InChI=1S/C18H22N2O/c1-4-12(2)15-7-5-6-8-17(15)20-18(21)14-10-9-13(3)16(19)11-14/h5-12H,4,19H2,1-3H3,(H,20,21)/t12-/m0/s1. The van der Waals surface area contributed by atoms with Gasteiger partial charge in [0.05, 0.1) is 0 Å². The Morgan fingerprint density at radius 2 is 1.95 bits per heavy atom. The average molecular weight is 282 g/mol. The van der Waals surface area contributed by atoms with Crippen LogP contribution in [0.2, 0.25) is 0 Å². The fourth-order valence-electron chi connectivity index (χ4n) is 2.24. The summed E-state index contributed by atoms with van der Waals surface area (Å²) in [6.07, 6.45) is 1.03. The van der Waals surface area contributed by atoms with Crippen molar-refractivity contribution >= 4 is 17.3 Å². The lowest BCUT2D eigenvalue weighted by Gasteiger charge is -2.16. The molecular weight excluding hydrogens is 260 g/mol. The molecule has 3 N–H and O–H groups in total. The maximum Gasteiger partial charge on any atom is 0.255 e. The van der Waals surface area contributed by atoms with Gasteiger partial charge in [-0.25, -0.2) is 0 Å². The Morgan fingerprint density at radius 1 is 1.24 bits per heavy atom. The summed E-state index contributed by atoms with van der Waals surface area (Å²) in [6, 6.07) is 13.3. The van der Waals surface area contributed by atoms with Crippen LogP contribution >= 0.6 is 0 Å². The molecule has 0 radical (unpaired) electrons. The van der Waals surface area contributed by atoms with E-state index in [2.05, 4.69) is 25.2 Å². The Hall–Kier alpha value is -2.29. The molecule has 2 rings (SSSR count). The van der Waals surface area contributed by atoms with Crippen molar-refractivity contribution in [3.63, 3.8) is 0 Å². The lowest BCUT2D eigenvalue weighted by molar-refractivity contribution is 0.102. The first kappa shape index (κ1) is 15.1. The van der Waals surface area contributed by atoms with Gasteiger partial charge in [-0.3, -0.25) is 4.79 Å². The second-order valence-electron chi connectivity index (χ2n) is 5.42. The molecule has 0 bridgehead atoms. The first-order valence-corrected chi connectivity index (χ1v) is 7.29. The van der Waals surface area contributed by atoms with E-state index in [1.165, 1.54) is 0 Å². The number of hydrogen-bond donors (Lipinski definition) is 2. The van der Waals surface area contributed by atoms with Crippen LogP contribution in [0.4, 0.5) is 11.4 Å². The number of anilines is 2. The van der Waals surface area contributed by atoms with Crippen LogP contribution in [-0.2, 0) is 0 Å². The first-order valence-electron chi connectivity index (χ1n) is 7.29. The molecule has 21 heavy (non-hydrogen) atoms. The number of amides is 1. The number of nitrogens with two attached hydrogens (primary N) is 1. The minimum Gasteiger partial charge on any atom is -0.398 e. The van der Waals surface area contributed by atoms with Crippen LogP contribution < -0.4 is 11.1 Å². The topological polar surface area (TPSA) is 55.1 Å². The minimum absolute atomic E-state index is 0.127. The smallest absolute Gasteiger partial charge is 0.255 e. The van der Waals surface area contributed by atoms with Gasteiger partial charge in [0.2, 0.25) is 0 Å². The van der Waals surface area contributed by atoms with Gasteiger partial charge in [0, 0.05) is 16.9 Å². The number of para-hydroxylation sites is 1. The van der Waals surface area contributed by atoms with Crippen LogP contribution in [0.15, 0.2) is 42.5 Å². The average Bonchev–Trinajstić information content (AvgIpc) is 2.49. The normalized spacial score (nSPS) is 12.0. The Balaban J connectivity index is 2.25. The Labute approximate surface area is 126 Å². The van der Waals surface area contributed by atoms with E-state index in [4.69, 9.17) is 5.73 Å². The van der Waals surface area contributed by atoms with Crippen molar-refractivity contribution in [3.05, 3.63) is 59.2 Å². The number of rotatable bonds is 4. The molecule has 0 saturated carbocycles. The highest BCUT2D eigenvalue weighted by Crippen LogP contribution is 2.27. The van der Waals surface area contributed by atoms with E-state index in [0.29, 0.717) is 17.2 Å². The van der Waals surface area contributed by atoms with E-state index in [-0.39, 0.29) is 5.91 Å². The van der Waals surface area contributed by atoms with E-state index in [0.717, 1.165) is 23.2 Å². The van der Waals surface area contributed by atoms with Crippen molar-refractivity contribution in [3.8, 4) is 0 Å². The molecular formula is C18H22N2O. The van der Waals surface area contributed by atoms with E-state index >= 15 is 0 Å². The molecule has 0 aliphatic rings. The van der Waals surface area contributed by atoms with Gasteiger partial charge in [-0.2, -0.15) is 0 Å². The van der Waals surface area contributed by atoms with Gasteiger partial charge in [0.15, 0.2) is 0 Å². The van der Waals surface area contributed by atoms with Gasteiger partial charge in [-0.15, -0.1) is 0 Å². The third-order valence-electron chi connectivity index (χ3n) is 3.89. The number of hydrogen-bond acceptors (Lipinski definition) is 2. The predicted molar refractivity (Wildman–Crippen MR) is 88.7 cm³/mol. The summed E-state index contributed by atoms with van der Waals surface area (Å²) in [5, 5.41) is 2.99. The lowest BCUT2D eigenvalue weighted by Crippen LogP contribution is -2.14. The van der Waals surface area contributed by atoms with Gasteiger partial charge in [-0.05, 0) is 48.6 Å². The number of aryl methyl sites for hydroxylation is 1. The maximum atomic E-state index is 12.4. The molecule has 3 nitrogen and oxygen atoms in total. The van der Waals surface area contributed by atoms with Crippen LogP contribution in [0.3, 0.4) is 0 Å². The third kappa shape index (κ3) is 3.43. The van der Waals surface area contributed by atoms with Gasteiger partial charge in [0.1, 0.15) is 0 Å². The van der Waals surface area contributed by atoms with E-state index < -0.39 is 0 Å². The van der Waals surface area contributed by atoms with Gasteiger partial charge in [0.25, 0.3) is 5.91 Å². The first-order chi connectivity index (χ1) is 10.0. The molecule has 0 aliphatic heterocycles. The number of benzene rings is 2. The molecule has 110 valence electrons. The zero-order valence-corrected chi connectivity index (χ0v) is 12.8. The molecule has 0 unspecified atom stereocenters. The second-order valence-corrected chi connectivity index (χ2v) is 5.42. The minimum atomic E-state index is -0.127. The molecule has 0 fully saturated rings. The Morgan fingerprint density at radius 3 is 2.62 bits per heavy atom. The summed E-state index contributed by atoms with van der Waals surface area (Å²) in [7, 11) is 0. The van der Waals surface area contributed by atoms with Gasteiger partial charge < -0.3 is 11.1 Å². The van der Waals surface area contributed by atoms with Crippen LogP contribution in [0.25, 0.3) is 0 Å². The van der Waals surface area contributed by atoms with E-state index in [1.807, 2.05) is 31.2 Å². The largest absolute Gasteiger partial charge is 0.398 e. The highest BCUT2D eigenvalue weighted by molar-refractivity contribution is 6.05. The molecule has 2 aromatic rings. The lowest BCUT2D eigenvalue weighted by atomic mass is 9.96. The number of nitrogen functional groups attached to an aromatic ring is 1. The molecule has 3 heteroatoms. The van der Waals surface area contributed by atoms with Gasteiger partial charge in [-0.1, -0.05) is 38.1 Å². The summed E-state index contributed by atoms with van der Waals surface area (Å²) in [5.74, 6) is 0.280. The zero-order chi connectivity index (χ0) is 15.4. The maximum absolute atomic E-state index is 12.4. The van der Waals surface area contributed by atoms with Crippen molar-refractivity contribution in [2.75, 3.05) is 11.1 Å². The molecule has 0 aromatic heterocycles. The molecule has 0 spiro atoms. The SMILES string of the molecule is CC[C@H](C)c1ccccc1NC(=O)c1ccc(C)c(N)c1. The highest BCUT2D eigenvalue weighted by atomic mass is 16.1. The van der Waals surface area contributed by atoms with Crippen molar-refractivity contribution in [1.82, 2.24) is 0 Å². The summed E-state index contributed by atoms with van der Waals surface area (Å²) >= 11 is 0. The third-order valence-corrected chi connectivity index (χ3v) is 3.89. The van der Waals surface area contributed by atoms with Crippen LogP contribution in [0, 0.1) is 6.92 Å². The van der Waals surface area contributed by atoms with Crippen molar-refractivity contribution in [2.24, 2.45) is 0 Å².